The average molecular weight is 349 g/mol. The van der Waals surface area contributed by atoms with E-state index in [1.165, 1.54) is 0 Å². The number of carbonyl (C=O) groups is 1. The molecular formula is C9H11Cl2InN2O. The first-order chi connectivity index (χ1) is 7.18. The van der Waals surface area contributed by atoms with E-state index < -0.39 is 20.3 Å². The van der Waals surface area contributed by atoms with E-state index in [4.69, 9.17) is 20.2 Å². The molecule has 0 aromatic carbocycles. The molecule has 2 heterocycles. The van der Waals surface area contributed by atoms with Crippen molar-refractivity contribution in [2.75, 3.05) is 13.1 Å². The molecular weight excluding hydrogens is 338 g/mol. The Hall–Kier alpha value is 0.360. The summed E-state index contributed by atoms with van der Waals surface area (Å²) in [6, 6.07) is 0.227. The molecule has 3 nitrogen and oxygen atoms in total. The molecule has 1 amide bonds. The molecule has 0 aromatic rings. The number of amides is 1. The first-order valence-corrected chi connectivity index (χ1v) is 13.0. The molecule has 2 rings (SSSR count). The molecule has 0 saturated carbocycles. The summed E-state index contributed by atoms with van der Waals surface area (Å²) < 4.78 is 2.60. The van der Waals surface area contributed by atoms with Gasteiger partial charge in [-0.1, -0.05) is 0 Å². The second-order valence-electron chi connectivity index (χ2n) is 3.69. The first kappa shape index (κ1) is 11.8. The number of hydrogen-bond acceptors (Lipinski definition) is 2. The Morgan fingerprint density at radius 1 is 1.67 bits per heavy atom. The molecule has 0 bridgehead atoms. The van der Waals surface area contributed by atoms with Crippen LogP contribution in [0.3, 0.4) is 0 Å². The van der Waals surface area contributed by atoms with Gasteiger partial charge in [0.1, 0.15) is 0 Å². The van der Waals surface area contributed by atoms with Crippen LogP contribution in [-0.4, -0.2) is 45.3 Å². The second-order valence-corrected chi connectivity index (χ2v) is 12.3. The monoisotopic (exact) mass is 348 g/mol. The van der Waals surface area contributed by atoms with Crippen molar-refractivity contribution < 1.29 is 4.79 Å². The van der Waals surface area contributed by atoms with Gasteiger partial charge in [-0.3, -0.25) is 0 Å². The van der Waals surface area contributed by atoms with E-state index in [2.05, 4.69) is 10.6 Å². The maximum atomic E-state index is 11.9. The van der Waals surface area contributed by atoms with Crippen LogP contribution in [0, 0.1) is 0 Å². The zero-order chi connectivity index (χ0) is 10.8. The van der Waals surface area contributed by atoms with Crippen LogP contribution >= 0.6 is 20.2 Å². The van der Waals surface area contributed by atoms with Crippen LogP contribution in [-0.2, 0) is 4.79 Å². The summed E-state index contributed by atoms with van der Waals surface area (Å²) in [5.41, 5.74) is 0. The SMILES string of the molecule is O=C(N[C@@H]1CCNC1)[C]1=C(Cl)C=[CH][In]1[Cl]. The van der Waals surface area contributed by atoms with Crippen molar-refractivity contribution in [3.05, 3.63) is 18.3 Å². The molecule has 15 heavy (non-hydrogen) atoms. The molecule has 2 N–H and O–H groups in total. The summed E-state index contributed by atoms with van der Waals surface area (Å²) in [4.78, 5) is 11.9. The van der Waals surface area contributed by atoms with Crippen molar-refractivity contribution in [3.8, 4) is 0 Å². The molecule has 2 aliphatic rings. The van der Waals surface area contributed by atoms with Crippen LogP contribution in [0.25, 0.3) is 0 Å². The van der Waals surface area contributed by atoms with Gasteiger partial charge in [0.25, 0.3) is 0 Å². The van der Waals surface area contributed by atoms with Gasteiger partial charge in [0, 0.05) is 0 Å². The summed E-state index contributed by atoms with van der Waals surface area (Å²) >= 11 is 3.52. The third kappa shape index (κ3) is 2.73. The number of allylic oxidation sites excluding steroid dienone is 2. The van der Waals surface area contributed by atoms with Crippen molar-refractivity contribution in [1.29, 1.82) is 0 Å². The van der Waals surface area contributed by atoms with Crippen molar-refractivity contribution in [2.45, 2.75) is 12.5 Å². The van der Waals surface area contributed by atoms with Crippen LogP contribution in [0.2, 0.25) is 0 Å². The van der Waals surface area contributed by atoms with E-state index in [-0.39, 0.29) is 11.9 Å². The number of rotatable bonds is 2. The summed E-state index contributed by atoms with van der Waals surface area (Å²) in [7, 11) is 6.16. The summed E-state index contributed by atoms with van der Waals surface area (Å²) in [5.74, 6) is -0.0606. The molecule has 0 aromatic heterocycles. The van der Waals surface area contributed by atoms with Crippen LogP contribution in [0.4, 0.5) is 0 Å². The Kier molecular flexibility index (Phi) is 4.04. The Bertz CT molecular complexity index is 337. The minimum atomic E-state index is -2.42. The standard InChI is InChI=1S/C9H11ClN2O.ClH.In/c1-2-7(10)5-9(13)12-8-3-4-11-6-8;;/h1-2,8,11H,3-4,6H2,(H,12,13);1H;/q;;+1/p-1/t8-;;/m1../s1. The van der Waals surface area contributed by atoms with Crippen LogP contribution in [0.5, 0.6) is 0 Å². The van der Waals surface area contributed by atoms with Gasteiger partial charge >= 0.3 is 106 Å². The third-order valence-electron chi connectivity index (χ3n) is 2.58. The fourth-order valence-electron chi connectivity index (χ4n) is 1.76. The average Bonchev–Trinajstić information content (AvgIpc) is 2.77. The molecule has 1 fully saturated rings. The van der Waals surface area contributed by atoms with E-state index in [0.29, 0.717) is 8.36 Å². The summed E-state index contributed by atoms with van der Waals surface area (Å²) in [6.45, 7) is 1.80. The fourth-order valence-corrected chi connectivity index (χ4v) is 8.93. The van der Waals surface area contributed by atoms with Crippen molar-refractivity contribution in [1.82, 2.24) is 10.6 Å². The van der Waals surface area contributed by atoms with E-state index >= 15 is 0 Å². The second kappa shape index (κ2) is 5.13. The normalized spacial score (nSPS) is 25.2. The van der Waals surface area contributed by atoms with Crippen molar-refractivity contribution in [3.63, 3.8) is 0 Å². The predicted octanol–water partition coefficient (Wildman–Crippen LogP) is 0.836. The summed E-state index contributed by atoms with van der Waals surface area (Å²) in [5, 5.41) is 6.70. The van der Waals surface area contributed by atoms with Crippen LogP contribution < -0.4 is 10.6 Å². The van der Waals surface area contributed by atoms with Gasteiger partial charge in [0.2, 0.25) is 0 Å². The van der Waals surface area contributed by atoms with Gasteiger partial charge in [-0.25, -0.2) is 0 Å². The maximum absolute atomic E-state index is 11.9. The van der Waals surface area contributed by atoms with Crippen LogP contribution in [0.15, 0.2) is 18.3 Å². The van der Waals surface area contributed by atoms with Gasteiger partial charge in [0.15, 0.2) is 0 Å². The number of carbonyl (C=O) groups excluding carboxylic acids is 1. The molecule has 0 unspecified atom stereocenters. The van der Waals surface area contributed by atoms with Gasteiger partial charge < -0.3 is 0 Å². The minimum absolute atomic E-state index is 0.0606. The fraction of sp³-hybridized carbons (Fsp3) is 0.444. The summed E-state index contributed by atoms with van der Waals surface area (Å²) in [6.07, 6.45) is 2.74. The van der Waals surface area contributed by atoms with Gasteiger partial charge in [0.05, 0.1) is 0 Å². The van der Waals surface area contributed by atoms with Crippen LogP contribution in [0.1, 0.15) is 6.42 Å². The molecule has 1 saturated heterocycles. The van der Waals surface area contributed by atoms with Crippen molar-refractivity contribution >= 4 is 46.3 Å². The quantitative estimate of drug-likeness (QED) is 0.776. The predicted molar refractivity (Wildman–Crippen MR) is 63.0 cm³/mol. The third-order valence-corrected chi connectivity index (χ3v) is 10.6. The Morgan fingerprint density at radius 2 is 2.47 bits per heavy atom. The first-order valence-electron chi connectivity index (χ1n) is 4.92. The number of halogens is 2. The zero-order valence-electron chi connectivity index (χ0n) is 8.09. The molecule has 80 valence electrons. The topological polar surface area (TPSA) is 41.1 Å². The van der Waals surface area contributed by atoms with Crippen molar-refractivity contribution in [2.24, 2.45) is 0 Å². The Labute approximate surface area is 105 Å². The molecule has 6 heteroatoms. The Morgan fingerprint density at radius 3 is 3.00 bits per heavy atom. The van der Waals surface area contributed by atoms with Gasteiger partial charge in [-0.2, -0.15) is 0 Å². The van der Waals surface area contributed by atoms with Gasteiger partial charge in [-0.05, 0) is 0 Å². The Balaban J connectivity index is 1.99. The molecule has 2 aliphatic heterocycles. The van der Waals surface area contributed by atoms with E-state index in [1.54, 1.807) is 6.08 Å². The zero-order valence-corrected chi connectivity index (χ0v) is 12.9. The number of hydrogen-bond donors (Lipinski definition) is 2. The van der Waals surface area contributed by atoms with Gasteiger partial charge in [-0.15, -0.1) is 0 Å². The van der Waals surface area contributed by atoms with E-state index in [1.807, 2.05) is 3.83 Å². The molecule has 0 radical (unpaired) electrons. The van der Waals surface area contributed by atoms with E-state index in [0.717, 1.165) is 19.5 Å². The molecule has 1 atom stereocenters. The molecule has 0 aliphatic carbocycles. The van der Waals surface area contributed by atoms with E-state index in [9.17, 15) is 4.79 Å². The molecule has 0 spiro atoms. The number of nitrogens with one attached hydrogen (secondary N) is 2.